The number of nitrogen functional groups attached to an aromatic ring is 1. The first-order valence-electron chi connectivity index (χ1n) is 5.95. The van der Waals surface area contributed by atoms with Gasteiger partial charge in [0, 0.05) is 18.8 Å². The van der Waals surface area contributed by atoms with E-state index in [0.717, 1.165) is 5.56 Å². The number of alkyl carbamates (subject to hydrolysis) is 1. The van der Waals surface area contributed by atoms with E-state index in [1.165, 1.54) is 6.20 Å². The Kier molecular flexibility index (Phi) is 4.76. The van der Waals surface area contributed by atoms with Crippen LogP contribution in [0.4, 0.5) is 10.5 Å². The Balaban J connectivity index is 2.79. The highest BCUT2D eigenvalue weighted by Gasteiger charge is 2.20. The molecular weight excluding hydrogens is 242 g/mol. The fourth-order valence-corrected chi connectivity index (χ4v) is 1.49. The summed E-state index contributed by atoms with van der Waals surface area (Å²) < 4.78 is 5.20. The van der Waals surface area contributed by atoms with Crippen LogP contribution in [0.25, 0.3) is 0 Å². The number of pyridine rings is 1. The zero-order chi connectivity index (χ0) is 14.5. The van der Waals surface area contributed by atoms with Crippen LogP contribution in [0.3, 0.4) is 0 Å². The topological polar surface area (TPSA) is 77.2 Å². The number of carbonyl (C=O) groups is 1. The van der Waals surface area contributed by atoms with Crippen molar-refractivity contribution in [3.8, 4) is 12.3 Å². The summed E-state index contributed by atoms with van der Waals surface area (Å²) in [6, 6.07) is 1.36. The number of nitrogens with one attached hydrogen (secondary N) is 1. The minimum Gasteiger partial charge on any atom is -0.444 e. The molecule has 0 saturated heterocycles. The third kappa shape index (κ3) is 5.30. The molecule has 1 rings (SSSR count). The number of terminal acetylenes is 1. The van der Waals surface area contributed by atoms with Gasteiger partial charge in [0.05, 0.1) is 11.7 Å². The second kappa shape index (κ2) is 6.10. The predicted octanol–water partition coefficient (Wildman–Crippen LogP) is 2.25. The van der Waals surface area contributed by atoms with Crippen LogP contribution in [0.1, 0.15) is 38.8 Å². The highest BCUT2D eigenvalue weighted by Crippen LogP contribution is 2.18. The van der Waals surface area contributed by atoms with Gasteiger partial charge in [0.25, 0.3) is 0 Å². The van der Waals surface area contributed by atoms with E-state index < -0.39 is 11.7 Å². The largest absolute Gasteiger partial charge is 0.444 e. The van der Waals surface area contributed by atoms with E-state index in [1.54, 1.807) is 33.0 Å². The molecule has 0 aliphatic heterocycles. The van der Waals surface area contributed by atoms with Crippen LogP contribution in [0, 0.1) is 12.3 Å². The first kappa shape index (κ1) is 14.8. The van der Waals surface area contributed by atoms with Crippen molar-refractivity contribution in [2.24, 2.45) is 0 Å². The van der Waals surface area contributed by atoms with Gasteiger partial charge in [0.2, 0.25) is 0 Å². The van der Waals surface area contributed by atoms with Crippen molar-refractivity contribution in [3.05, 3.63) is 24.0 Å². The molecular formula is C14H19N3O2. The Bertz CT molecular complexity index is 486. The second-order valence-electron chi connectivity index (χ2n) is 5.16. The van der Waals surface area contributed by atoms with E-state index in [9.17, 15) is 4.79 Å². The van der Waals surface area contributed by atoms with Crippen LogP contribution >= 0.6 is 0 Å². The summed E-state index contributed by atoms with van der Waals surface area (Å²) in [5.74, 6) is 2.52. The van der Waals surface area contributed by atoms with Crippen LogP contribution in [-0.4, -0.2) is 16.7 Å². The molecule has 0 unspecified atom stereocenters. The number of nitrogens with zero attached hydrogens (tertiary/aromatic N) is 1. The Morgan fingerprint density at radius 1 is 1.58 bits per heavy atom. The molecule has 5 heteroatoms. The normalized spacial score (nSPS) is 12.3. The van der Waals surface area contributed by atoms with E-state index in [4.69, 9.17) is 16.9 Å². The SMILES string of the molecule is C#CC[C@H](NC(=O)OC(C)(C)C)c1cncc(N)c1. The Morgan fingerprint density at radius 3 is 2.79 bits per heavy atom. The summed E-state index contributed by atoms with van der Waals surface area (Å²) in [5.41, 5.74) is 6.38. The lowest BCUT2D eigenvalue weighted by atomic mass is 10.1. The molecule has 19 heavy (non-hydrogen) atoms. The van der Waals surface area contributed by atoms with Gasteiger partial charge in [-0.3, -0.25) is 4.98 Å². The Hall–Kier alpha value is -2.22. The zero-order valence-corrected chi connectivity index (χ0v) is 11.4. The van der Waals surface area contributed by atoms with Gasteiger partial charge < -0.3 is 15.8 Å². The summed E-state index contributed by atoms with van der Waals surface area (Å²) >= 11 is 0. The number of carbonyl (C=O) groups excluding carboxylic acids is 1. The minimum absolute atomic E-state index is 0.338. The number of hydrogen-bond donors (Lipinski definition) is 2. The van der Waals surface area contributed by atoms with Crippen LogP contribution in [0.2, 0.25) is 0 Å². The molecule has 0 bridgehead atoms. The maximum Gasteiger partial charge on any atom is 0.408 e. The van der Waals surface area contributed by atoms with Crippen LogP contribution < -0.4 is 11.1 Å². The molecule has 0 aliphatic rings. The Labute approximate surface area is 113 Å². The first-order valence-corrected chi connectivity index (χ1v) is 5.95. The van der Waals surface area contributed by atoms with Crippen LogP contribution in [-0.2, 0) is 4.74 Å². The number of anilines is 1. The van der Waals surface area contributed by atoms with E-state index >= 15 is 0 Å². The monoisotopic (exact) mass is 261 g/mol. The molecule has 1 amide bonds. The average Bonchev–Trinajstić information content (AvgIpc) is 2.26. The van der Waals surface area contributed by atoms with Crippen molar-refractivity contribution in [2.75, 3.05) is 5.73 Å². The van der Waals surface area contributed by atoms with Crippen molar-refractivity contribution in [3.63, 3.8) is 0 Å². The highest BCUT2D eigenvalue weighted by atomic mass is 16.6. The van der Waals surface area contributed by atoms with E-state index in [0.29, 0.717) is 12.1 Å². The standard InChI is InChI=1S/C14H19N3O2/c1-5-6-12(10-7-11(15)9-16-8-10)17-13(18)19-14(2,3)4/h1,7-9,12H,6,15H2,2-4H3,(H,17,18)/t12-/m0/s1. The lowest BCUT2D eigenvalue weighted by Crippen LogP contribution is -2.35. The van der Waals surface area contributed by atoms with Gasteiger partial charge in [-0.05, 0) is 32.4 Å². The van der Waals surface area contributed by atoms with Gasteiger partial charge in [0.15, 0.2) is 0 Å². The minimum atomic E-state index is -0.557. The number of aromatic nitrogens is 1. The lowest BCUT2D eigenvalue weighted by molar-refractivity contribution is 0.0504. The maximum atomic E-state index is 11.7. The number of nitrogens with two attached hydrogens (primary N) is 1. The molecule has 1 aromatic rings. The van der Waals surface area contributed by atoms with Gasteiger partial charge in [-0.15, -0.1) is 12.3 Å². The molecule has 0 aliphatic carbocycles. The molecule has 1 heterocycles. The fraction of sp³-hybridized carbons (Fsp3) is 0.429. The van der Waals surface area contributed by atoms with Crippen molar-refractivity contribution >= 4 is 11.8 Å². The summed E-state index contributed by atoms with van der Waals surface area (Å²) in [6.07, 6.45) is 8.29. The summed E-state index contributed by atoms with van der Waals surface area (Å²) in [4.78, 5) is 15.7. The summed E-state index contributed by atoms with van der Waals surface area (Å²) in [7, 11) is 0. The van der Waals surface area contributed by atoms with Crippen LogP contribution in [0.15, 0.2) is 18.5 Å². The molecule has 3 N–H and O–H groups in total. The van der Waals surface area contributed by atoms with Crippen molar-refractivity contribution < 1.29 is 9.53 Å². The van der Waals surface area contributed by atoms with Gasteiger partial charge in [-0.1, -0.05) is 0 Å². The number of ether oxygens (including phenoxy) is 1. The van der Waals surface area contributed by atoms with Crippen molar-refractivity contribution in [1.82, 2.24) is 10.3 Å². The number of hydrogen-bond acceptors (Lipinski definition) is 4. The molecule has 5 nitrogen and oxygen atoms in total. The second-order valence-corrected chi connectivity index (χ2v) is 5.16. The third-order valence-corrected chi connectivity index (χ3v) is 2.20. The summed E-state index contributed by atoms with van der Waals surface area (Å²) in [6.45, 7) is 5.39. The maximum absolute atomic E-state index is 11.7. The molecule has 102 valence electrons. The molecule has 1 atom stereocenters. The average molecular weight is 261 g/mol. The molecule has 0 radical (unpaired) electrons. The molecule has 0 saturated carbocycles. The highest BCUT2D eigenvalue weighted by molar-refractivity contribution is 5.68. The number of rotatable bonds is 3. The first-order chi connectivity index (χ1) is 8.81. The smallest absolute Gasteiger partial charge is 0.408 e. The van der Waals surface area contributed by atoms with E-state index in [2.05, 4.69) is 16.2 Å². The van der Waals surface area contributed by atoms with Crippen molar-refractivity contribution in [2.45, 2.75) is 38.8 Å². The lowest BCUT2D eigenvalue weighted by Gasteiger charge is -2.23. The van der Waals surface area contributed by atoms with E-state index in [-0.39, 0.29) is 6.04 Å². The molecule has 0 aromatic carbocycles. The molecule has 0 fully saturated rings. The quantitative estimate of drug-likeness (QED) is 0.818. The molecule has 1 aromatic heterocycles. The fourth-order valence-electron chi connectivity index (χ4n) is 1.49. The van der Waals surface area contributed by atoms with Gasteiger partial charge in [0.1, 0.15) is 5.60 Å². The Morgan fingerprint density at radius 2 is 2.26 bits per heavy atom. The molecule has 0 spiro atoms. The summed E-state index contributed by atoms with van der Waals surface area (Å²) in [5, 5.41) is 2.72. The van der Waals surface area contributed by atoms with Crippen molar-refractivity contribution in [1.29, 1.82) is 0 Å². The van der Waals surface area contributed by atoms with Gasteiger partial charge in [-0.2, -0.15) is 0 Å². The number of amides is 1. The van der Waals surface area contributed by atoms with E-state index in [1.807, 2.05) is 0 Å². The third-order valence-electron chi connectivity index (χ3n) is 2.20. The zero-order valence-electron chi connectivity index (χ0n) is 11.4. The predicted molar refractivity (Wildman–Crippen MR) is 74.2 cm³/mol. The van der Waals surface area contributed by atoms with Gasteiger partial charge >= 0.3 is 6.09 Å². The van der Waals surface area contributed by atoms with Crippen LogP contribution in [0.5, 0.6) is 0 Å². The van der Waals surface area contributed by atoms with Gasteiger partial charge in [-0.25, -0.2) is 4.79 Å².